The molecule has 14 heavy (non-hydrogen) atoms. The van der Waals surface area contributed by atoms with Gasteiger partial charge in [-0.05, 0) is 19.1 Å². The van der Waals surface area contributed by atoms with Crippen molar-refractivity contribution in [3.8, 4) is 0 Å². The monoisotopic (exact) mass is 191 g/mol. The zero-order valence-electron chi connectivity index (χ0n) is 8.14. The van der Waals surface area contributed by atoms with Gasteiger partial charge in [-0.2, -0.15) is 0 Å². The van der Waals surface area contributed by atoms with Crippen molar-refractivity contribution in [2.24, 2.45) is 0 Å². The number of carbonyl (C=O) groups is 1. The van der Waals surface area contributed by atoms with Gasteiger partial charge in [0.1, 0.15) is 12.6 Å². The predicted molar refractivity (Wildman–Crippen MR) is 54.2 cm³/mol. The number of carbonyl (C=O) groups excluding carboxylic acids is 1. The summed E-state index contributed by atoms with van der Waals surface area (Å²) in [6.45, 7) is 3.04. The number of nitrogens with zero attached hydrogens (tertiary/aromatic N) is 1. The summed E-state index contributed by atoms with van der Waals surface area (Å²) in [5, 5.41) is 0. The van der Waals surface area contributed by atoms with E-state index >= 15 is 0 Å². The molecule has 0 spiro atoms. The van der Waals surface area contributed by atoms with E-state index in [-0.39, 0.29) is 12.1 Å². The third-order valence-corrected chi connectivity index (χ3v) is 2.25. The molecule has 0 amide bonds. The van der Waals surface area contributed by atoms with Gasteiger partial charge in [0.15, 0.2) is 0 Å². The highest BCUT2D eigenvalue weighted by Gasteiger charge is 2.23. The SMILES string of the molecule is C[C@H]1CN(c2ccccc2)CC(=O)O1. The fourth-order valence-electron chi connectivity index (χ4n) is 1.67. The van der Waals surface area contributed by atoms with Crippen LogP contribution in [0.25, 0.3) is 0 Å². The van der Waals surface area contributed by atoms with Crippen LogP contribution in [0.1, 0.15) is 6.92 Å². The summed E-state index contributed by atoms with van der Waals surface area (Å²) >= 11 is 0. The van der Waals surface area contributed by atoms with E-state index in [4.69, 9.17) is 4.74 Å². The first-order chi connectivity index (χ1) is 6.75. The van der Waals surface area contributed by atoms with Crippen molar-refractivity contribution in [2.75, 3.05) is 18.0 Å². The number of benzene rings is 1. The highest BCUT2D eigenvalue weighted by Crippen LogP contribution is 2.17. The Bertz CT molecular complexity index is 323. The normalized spacial score (nSPS) is 21.9. The first-order valence-electron chi connectivity index (χ1n) is 4.75. The summed E-state index contributed by atoms with van der Waals surface area (Å²) in [7, 11) is 0. The van der Waals surface area contributed by atoms with E-state index in [2.05, 4.69) is 0 Å². The van der Waals surface area contributed by atoms with Crippen LogP contribution in [0.15, 0.2) is 30.3 Å². The lowest BCUT2D eigenvalue weighted by molar-refractivity contribution is -0.148. The summed E-state index contributed by atoms with van der Waals surface area (Å²) in [6.07, 6.45) is -0.0172. The molecule has 0 unspecified atom stereocenters. The van der Waals surface area contributed by atoms with Crippen molar-refractivity contribution in [2.45, 2.75) is 13.0 Å². The summed E-state index contributed by atoms with van der Waals surface area (Å²) in [5.41, 5.74) is 1.08. The lowest BCUT2D eigenvalue weighted by atomic mass is 10.2. The minimum Gasteiger partial charge on any atom is -0.459 e. The summed E-state index contributed by atoms with van der Waals surface area (Å²) < 4.78 is 5.06. The van der Waals surface area contributed by atoms with Crippen LogP contribution in [-0.4, -0.2) is 25.2 Å². The van der Waals surface area contributed by atoms with Gasteiger partial charge in [0.25, 0.3) is 0 Å². The zero-order valence-corrected chi connectivity index (χ0v) is 8.14. The molecule has 1 aliphatic heterocycles. The number of hydrogen-bond donors (Lipinski definition) is 0. The fraction of sp³-hybridized carbons (Fsp3) is 0.364. The minimum atomic E-state index is -0.146. The molecule has 0 bridgehead atoms. The number of cyclic esters (lactones) is 1. The maximum absolute atomic E-state index is 11.2. The van der Waals surface area contributed by atoms with Crippen LogP contribution in [0.5, 0.6) is 0 Å². The number of hydrogen-bond acceptors (Lipinski definition) is 3. The molecule has 1 aromatic rings. The minimum absolute atomic E-state index is 0.0172. The first-order valence-corrected chi connectivity index (χ1v) is 4.75. The molecule has 0 aromatic heterocycles. The van der Waals surface area contributed by atoms with Crippen LogP contribution in [0.4, 0.5) is 5.69 Å². The van der Waals surface area contributed by atoms with E-state index < -0.39 is 0 Å². The zero-order chi connectivity index (χ0) is 9.97. The molecule has 2 rings (SSSR count). The third kappa shape index (κ3) is 1.87. The second kappa shape index (κ2) is 3.70. The Labute approximate surface area is 83.3 Å². The molecule has 1 aliphatic rings. The van der Waals surface area contributed by atoms with E-state index in [1.165, 1.54) is 0 Å². The molecular formula is C11H13NO2. The van der Waals surface area contributed by atoms with E-state index in [9.17, 15) is 4.79 Å². The molecular weight excluding hydrogens is 178 g/mol. The van der Waals surface area contributed by atoms with Gasteiger partial charge in [-0.25, -0.2) is 0 Å². The number of anilines is 1. The Kier molecular flexibility index (Phi) is 2.39. The average Bonchev–Trinajstić information content (AvgIpc) is 2.18. The number of morpholine rings is 1. The van der Waals surface area contributed by atoms with E-state index in [0.717, 1.165) is 12.2 Å². The smallest absolute Gasteiger partial charge is 0.325 e. The topological polar surface area (TPSA) is 29.5 Å². The predicted octanol–water partition coefficient (Wildman–Crippen LogP) is 1.44. The highest BCUT2D eigenvalue weighted by atomic mass is 16.5. The van der Waals surface area contributed by atoms with Gasteiger partial charge in [-0.15, -0.1) is 0 Å². The Morgan fingerprint density at radius 2 is 2.07 bits per heavy atom. The summed E-state index contributed by atoms with van der Waals surface area (Å²) in [5.74, 6) is -0.146. The Balaban J connectivity index is 2.15. The second-order valence-electron chi connectivity index (χ2n) is 3.52. The molecule has 1 fully saturated rings. The molecule has 74 valence electrons. The Hall–Kier alpha value is -1.51. The van der Waals surface area contributed by atoms with Crippen molar-refractivity contribution >= 4 is 11.7 Å². The van der Waals surface area contributed by atoms with E-state index in [0.29, 0.717) is 6.54 Å². The Morgan fingerprint density at radius 3 is 2.71 bits per heavy atom. The molecule has 0 saturated carbocycles. The van der Waals surface area contributed by atoms with E-state index in [1.807, 2.05) is 42.2 Å². The van der Waals surface area contributed by atoms with Crippen LogP contribution in [0.3, 0.4) is 0 Å². The number of para-hydroxylation sites is 1. The van der Waals surface area contributed by atoms with Crippen molar-refractivity contribution in [3.63, 3.8) is 0 Å². The molecule has 0 aliphatic carbocycles. The van der Waals surface area contributed by atoms with Crippen LogP contribution in [0.2, 0.25) is 0 Å². The fourth-order valence-corrected chi connectivity index (χ4v) is 1.67. The average molecular weight is 191 g/mol. The van der Waals surface area contributed by atoms with Crippen molar-refractivity contribution in [1.82, 2.24) is 0 Å². The van der Waals surface area contributed by atoms with Gasteiger partial charge in [-0.1, -0.05) is 18.2 Å². The van der Waals surface area contributed by atoms with Gasteiger partial charge in [0.2, 0.25) is 0 Å². The molecule has 0 N–H and O–H groups in total. The van der Waals surface area contributed by atoms with Crippen LogP contribution >= 0.6 is 0 Å². The Morgan fingerprint density at radius 1 is 1.36 bits per heavy atom. The first kappa shape index (κ1) is 9.06. The van der Waals surface area contributed by atoms with Crippen LogP contribution in [-0.2, 0) is 9.53 Å². The van der Waals surface area contributed by atoms with Gasteiger partial charge in [0, 0.05) is 5.69 Å². The number of rotatable bonds is 1. The molecule has 1 atom stereocenters. The molecule has 1 saturated heterocycles. The largest absolute Gasteiger partial charge is 0.459 e. The van der Waals surface area contributed by atoms with Crippen molar-refractivity contribution < 1.29 is 9.53 Å². The van der Waals surface area contributed by atoms with E-state index in [1.54, 1.807) is 0 Å². The van der Waals surface area contributed by atoms with Crippen LogP contribution in [0, 0.1) is 0 Å². The summed E-state index contributed by atoms with van der Waals surface area (Å²) in [6, 6.07) is 9.92. The standard InChI is InChI=1S/C11H13NO2/c1-9-7-12(8-11(13)14-9)10-5-3-2-4-6-10/h2-6,9H,7-8H2,1H3/t9-/m0/s1. The van der Waals surface area contributed by atoms with Gasteiger partial charge in [0.05, 0.1) is 6.54 Å². The van der Waals surface area contributed by atoms with Crippen molar-refractivity contribution in [1.29, 1.82) is 0 Å². The highest BCUT2D eigenvalue weighted by molar-refractivity contribution is 5.77. The summed E-state index contributed by atoms with van der Waals surface area (Å²) in [4.78, 5) is 13.2. The van der Waals surface area contributed by atoms with Crippen LogP contribution < -0.4 is 4.90 Å². The number of esters is 1. The molecule has 1 aromatic carbocycles. The van der Waals surface area contributed by atoms with Gasteiger partial charge in [-0.3, -0.25) is 4.79 Å². The van der Waals surface area contributed by atoms with Gasteiger partial charge >= 0.3 is 5.97 Å². The molecule has 3 nitrogen and oxygen atoms in total. The molecule has 3 heteroatoms. The lowest BCUT2D eigenvalue weighted by Crippen LogP contribution is -2.44. The van der Waals surface area contributed by atoms with Gasteiger partial charge < -0.3 is 9.64 Å². The van der Waals surface area contributed by atoms with Crippen molar-refractivity contribution in [3.05, 3.63) is 30.3 Å². The lowest BCUT2D eigenvalue weighted by Gasteiger charge is -2.31. The third-order valence-electron chi connectivity index (χ3n) is 2.25. The maximum atomic E-state index is 11.2. The second-order valence-corrected chi connectivity index (χ2v) is 3.52. The molecule has 1 heterocycles. The number of ether oxygens (including phenoxy) is 1. The maximum Gasteiger partial charge on any atom is 0.325 e. The quantitative estimate of drug-likeness (QED) is 0.629. The molecule has 0 radical (unpaired) electrons.